The third-order valence-corrected chi connectivity index (χ3v) is 5.09. The summed E-state index contributed by atoms with van der Waals surface area (Å²) in [6.07, 6.45) is 6.87. The van der Waals surface area contributed by atoms with Crippen molar-refractivity contribution in [1.82, 2.24) is 24.8 Å². The predicted octanol–water partition coefficient (Wildman–Crippen LogP) is 2.69. The van der Waals surface area contributed by atoms with Gasteiger partial charge in [-0.1, -0.05) is 6.92 Å². The minimum absolute atomic E-state index is 0.540. The van der Waals surface area contributed by atoms with Crippen molar-refractivity contribution < 1.29 is 4.74 Å². The predicted molar refractivity (Wildman–Crippen MR) is 99.6 cm³/mol. The third kappa shape index (κ3) is 3.47. The highest BCUT2D eigenvalue weighted by molar-refractivity contribution is 5.47. The van der Waals surface area contributed by atoms with E-state index in [1.165, 1.54) is 5.56 Å². The van der Waals surface area contributed by atoms with Crippen molar-refractivity contribution in [3.8, 4) is 5.88 Å². The first-order valence-corrected chi connectivity index (χ1v) is 9.24. The van der Waals surface area contributed by atoms with Crippen molar-refractivity contribution in [1.29, 1.82) is 0 Å². The lowest BCUT2D eigenvalue weighted by Gasteiger charge is -2.32. The Labute approximate surface area is 153 Å². The van der Waals surface area contributed by atoms with Crippen LogP contribution in [0.5, 0.6) is 5.88 Å². The molecule has 1 aliphatic rings. The van der Waals surface area contributed by atoms with Gasteiger partial charge in [-0.15, -0.1) is 5.10 Å². The lowest BCUT2D eigenvalue weighted by molar-refractivity contribution is 0.214. The van der Waals surface area contributed by atoms with Gasteiger partial charge >= 0.3 is 0 Å². The van der Waals surface area contributed by atoms with Crippen LogP contribution >= 0.6 is 0 Å². The molecule has 0 atom stereocenters. The summed E-state index contributed by atoms with van der Waals surface area (Å²) in [6.45, 7) is 6.79. The highest BCUT2D eigenvalue weighted by Gasteiger charge is 2.21. The Morgan fingerprint density at radius 1 is 1.19 bits per heavy atom. The third-order valence-electron chi connectivity index (χ3n) is 5.09. The highest BCUT2D eigenvalue weighted by atomic mass is 16.5. The van der Waals surface area contributed by atoms with Crippen molar-refractivity contribution in [2.75, 3.05) is 24.6 Å². The Morgan fingerprint density at radius 2 is 2.04 bits per heavy atom. The zero-order valence-electron chi connectivity index (χ0n) is 15.3. The van der Waals surface area contributed by atoms with Crippen LogP contribution in [0.3, 0.4) is 0 Å². The molecule has 0 radical (unpaired) electrons. The molecule has 0 unspecified atom stereocenters. The van der Waals surface area contributed by atoms with Crippen LogP contribution in [0.25, 0.3) is 5.65 Å². The van der Waals surface area contributed by atoms with E-state index in [9.17, 15) is 0 Å². The summed E-state index contributed by atoms with van der Waals surface area (Å²) in [7, 11) is 0. The minimum Gasteiger partial charge on any atom is -0.476 e. The smallest absolute Gasteiger partial charge is 0.233 e. The molecular formula is C19H24N6O. The SMILES string of the molecule is CCc1cc(OCC2CCN(c3ccn4nccc4n3)CC2)nnc1C. The molecule has 3 aromatic heterocycles. The number of fused-ring (bicyclic) bond motifs is 1. The number of anilines is 1. The lowest BCUT2D eigenvalue weighted by Crippen LogP contribution is -2.36. The van der Waals surface area contributed by atoms with Crippen LogP contribution < -0.4 is 9.64 Å². The topological polar surface area (TPSA) is 68.4 Å². The van der Waals surface area contributed by atoms with Crippen molar-refractivity contribution in [3.05, 3.63) is 41.9 Å². The summed E-state index contributed by atoms with van der Waals surface area (Å²) < 4.78 is 7.70. The Kier molecular flexibility index (Phi) is 4.69. The van der Waals surface area contributed by atoms with E-state index < -0.39 is 0 Å². The van der Waals surface area contributed by atoms with E-state index in [0.717, 1.165) is 49.5 Å². The van der Waals surface area contributed by atoms with Crippen molar-refractivity contribution in [2.45, 2.75) is 33.1 Å². The van der Waals surface area contributed by atoms with Gasteiger partial charge in [0.25, 0.3) is 0 Å². The molecule has 136 valence electrons. The quantitative estimate of drug-likeness (QED) is 0.703. The maximum absolute atomic E-state index is 5.91. The molecule has 26 heavy (non-hydrogen) atoms. The van der Waals surface area contributed by atoms with Crippen molar-refractivity contribution in [2.24, 2.45) is 5.92 Å². The molecule has 0 spiro atoms. The Balaban J connectivity index is 1.32. The molecule has 0 saturated carbocycles. The number of piperidine rings is 1. The second kappa shape index (κ2) is 7.27. The number of hydrogen-bond donors (Lipinski definition) is 0. The number of aryl methyl sites for hydroxylation is 2. The van der Waals surface area contributed by atoms with Crippen LogP contribution in [0.4, 0.5) is 5.82 Å². The largest absolute Gasteiger partial charge is 0.476 e. The first-order chi connectivity index (χ1) is 12.7. The van der Waals surface area contributed by atoms with Gasteiger partial charge in [-0.3, -0.25) is 0 Å². The van der Waals surface area contributed by atoms with Gasteiger partial charge in [-0.25, -0.2) is 9.50 Å². The van der Waals surface area contributed by atoms with Crippen LogP contribution in [-0.4, -0.2) is 44.5 Å². The zero-order valence-corrected chi connectivity index (χ0v) is 15.3. The van der Waals surface area contributed by atoms with Gasteiger partial charge in [-0.05, 0) is 43.7 Å². The molecule has 0 aliphatic carbocycles. The first-order valence-electron chi connectivity index (χ1n) is 9.24. The Morgan fingerprint density at radius 3 is 2.85 bits per heavy atom. The number of rotatable bonds is 5. The molecule has 7 nitrogen and oxygen atoms in total. The summed E-state index contributed by atoms with van der Waals surface area (Å²) in [4.78, 5) is 7.02. The van der Waals surface area contributed by atoms with E-state index in [0.29, 0.717) is 18.4 Å². The molecule has 1 fully saturated rings. The minimum atomic E-state index is 0.540. The summed E-state index contributed by atoms with van der Waals surface area (Å²) in [5.74, 6) is 2.20. The zero-order chi connectivity index (χ0) is 17.9. The van der Waals surface area contributed by atoms with Gasteiger partial charge in [0, 0.05) is 31.4 Å². The fourth-order valence-corrected chi connectivity index (χ4v) is 3.41. The summed E-state index contributed by atoms with van der Waals surface area (Å²) in [5, 5.41) is 12.5. The monoisotopic (exact) mass is 352 g/mol. The standard InChI is InChI=1S/C19H24N6O/c1-3-16-12-19(23-22-14(16)2)26-13-15-5-9-24(10-6-15)17-7-11-25-18(21-17)4-8-20-25/h4,7-8,11-12,15H,3,5-6,9-10,13H2,1-2H3. The number of aromatic nitrogens is 5. The van der Waals surface area contributed by atoms with E-state index in [1.54, 1.807) is 10.7 Å². The summed E-state index contributed by atoms with van der Waals surface area (Å²) >= 11 is 0. The lowest BCUT2D eigenvalue weighted by atomic mass is 9.98. The van der Waals surface area contributed by atoms with Crippen LogP contribution in [0.1, 0.15) is 31.0 Å². The fourth-order valence-electron chi connectivity index (χ4n) is 3.41. The summed E-state index contributed by atoms with van der Waals surface area (Å²) in [5.41, 5.74) is 3.07. The van der Waals surface area contributed by atoms with Gasteiger partial charge < -0.3 is 9.64 Å². The Hall–Kier alpha value is -2.70. The van der Waals surface area contributed by atoms with Gasteiger partial charge in [-0.2, -0.15) is 10.2 Å². The van der Waals surface area contributed by atoms with E-state index >= 15 is 0 Å². The summed E-state index contributed by atoms with van der Waals surface area (Å²) in [6, 6.07) is 5.98. The van der Waals surface area contributed by atoms with Gasteiger partial charge in [0.1, 0.15) is 5.82 Å². The number of hydrogen-bond acceptors (Lipinski definition) is 6. The van der Waals surface area contributed by atoms with Crippen LogP contribution in [-0.2, 0) is 6.42 Å². The molecule has 0 aromatic carbocycles. The average Bonchev–Trinajstić information content (AvgIpc) is 3.15. The molecule has 4 heterocycles. The molecule has 3 aromatic rings. The maximum atomic E-state index is 5.91. The Bertz CT molecular complexity index is 885. The second-order valence-electron chi connectivity index (χ2n) is 6.81. The van der Waals surface area contributed by atoms with E-state index in [2.05, 4.69) is 32.1 Å². The molecule has 1 aliphatic heterocycles. The maximum Gasteiger partial charge on any atom is 0.233 e. The molecule has 0 N–H and O–H groups in total. The second-order valence-corrected chi connectivity index (χ2v) is 6.81. The molecular weight excluding hydrogens is 328 g/mol. The van der Waals surface area contributed by atoms with Gasteiger partial charge in [0.05, 0.1) is 18.5 Å². The molecule has 7 heteroatoms. The average molecular weight is 352 g/mol. The molecule has 0 amide bonds. The number of nitrogens with zero attached hydrogens (tertiary/aromatic N) is 6. The first kappa shape index (κ1) is 16.8. The van der Waals surface area contributed by atoms with Crippen LogP contribution in [0.2, 0.25) is 0 Å². The van der Waals surface area contributed by atoms with E-state index in [4.69, 9.17) is 4.74 Å². The molecule has 4 rings (SSSR count). The van der Waals surface area contributed by atoms with Crippen LogP contribution in [0, 0.1) is 12.8 Å². The van der Waals surface area contributed by atoms with E-state index in [-0.39, 0.29) is 0 Å². The highest BCUT2D eigenvalue weighted by Crippen LogP contribution is 2.23. The normalized spacial score (nSPS) is 15.5. The fraction of sp³-hybridized carbons (Fsp3) is 0.474. The van der Waals surface area contributed by atoms with Crippen molar-refractivity contribution in [3.63, 3.8) is 0 Å². The van der Waals surface area contributed by atoms with Crippen LogP contribution in [0.15, 0.2) is 30.6 Å². The molecule has 1 saturated heterocycles. The van der Waals surface area contributed by atoms with E-state index in [1.807, 2.05) is 31.3 Å². The van der Waals surface area contributed by atoms with Gasteiger partial charge in [0.15, 0.2) is 5.65 Å². The molecule has 0 bridgehead atoms. The van der Waals surface area contributed by atoms with Gasteiger partial charge in [0.2, 0.25) is 5.88 Å². The number of ether oxygens (including phenoxy) is 1. The van der Waals surface area contributed by atoms with Crippen molar-refractivity contribution >= 4 is 11.5 Å².